The number of methoxy groups -OCH3 is 1. The molecule has 0 amide bonds. The first-order chi connectivity index (χ1) is 15.7. The summed E-state index contributed by atoms with van der Waals surface area (Å²) in [5.41, 5.74) is 4.59. The second-order valence-corrected chi connectivity index (χ2v) is 9.15. The molecule has 3 heterocycles. The van der Waals surface area contributed by atoms with Crippen molar-refractivity contribution in [2.24, 2.45) is 0 Å². The van der Waals surface area contributed by atoms with Gasteiger partial charge in [0.1, 0.15) is 5.75 Å². The number of rotatable bonds is 5. The van der Waals surface area contributed by atoms with E-state index in [-0.39, 0.29) is 12.1 Å². The zero-order chi connectivity index (χ0) is 22.1. The molecule has 1 aliphatic carbocycles. The quantitative estimate of drug-likeness (QED) is 0.525. The van der Waals surface area contributed by atoms with E-state index in [9.17, 15) is 0 Å². The Labute approximate surface area is 195 Å². The summed E-state index contributed by atoms with van der Waals surface area (Å²) in [6.45, 7) is 2.16. The maximum atomic E-state index is 5.94. The summed E-state index contributed by atoms with van der Waals surface area (Å²) >= 11 is 5.94. The van der Waals surface area contributed by atoms with Crippen molar-refractivity contribution < 1.29 is 4.74 Å². The Kier molecular flexibility index (Phi) is 5.87. The van der Waals surface area contributed by atoms with E-state index < -0.39 is 0 Å². The van der Waals surface area contributed by atoms with Gasteiger partial charge < -0.3 is 19.5 Å². The fourth-order valence-electron chi connectivity index (χ4n) is 5.31. The van der Waals surface area contributed by atoms with Gasteiger partial charge in [0.25, 0.3) is 0 Å². The van der Waals surface area contributed by atoms with Crippen molar-refractivity contribution in [3.05, 3.63) is 77.9 Å². The van der Waals surface area contributed by atoms with E-state index in [1.807, 2.05) is 24.4 Å². The lowest BCUT2D eigenvalue weighted by Crippen LogP contribution is -2.40. The van der Waals surface area contributed by atoms with Gasteiger partial charge in [0, 0.05) is 29.3 Å². The number of thiocarbonyl (C=S) groups is 1. The second-order valence-electron chi connectivity index (χ2n) is 8.76. The van der Waals surface area contributed by atoms with Crippen LogP contribution in [0.4, 0.5) is 0 Å². The van der Waals surface area contributed by atoms with Gasteiger partial charge in [0.05, 0.1) is 24.9 Å². The Balaban J connectivity index is 1.62. The minimum Gasteiger partial charge on any atom is -0.497 e. The van der Waals surface area contributed by atoms with Crippen LogP contribution in [-0.4, -0.2) is 32.7 Å². The minimum atomic E-state index is 0.0110. The molecule has 6 heteroatoms. The molecular formula is C26H30N4OS. The number of hydrogen-bond acceptors (Lipinski definition) is 3. The van der Waals surface area contributed by atoms with Crippen molar-refractivity contribution in [2.45, 2.75) is 57.2 Å². The molecule has 5 rings (SSSR count). The SMILES string of the molecule is COc1ccc(-n2c(C)ccc2[C@@H]2[C@@H](c3ccccn3)NC(=S)N2C2CCCCC2)cc1. The molecule has 1 N–H and O–H groups in total. The van der Waals surface area contributed by atoms with Crippen molar-refractivity contribution in [1.29, 1.82) is 0 Å². The molecule has 1 aromatic carbocycles. The number of hydrogen-bond donors (Lipinski definition) is 1. The van der Waals surface area contributed by atoms with Crippen molar-refractivity contribution in [3.8, 4) is 11.4 Å². The third-order valence-electron chi connectivity index (χ3n) is 6.84. The molecule has 3 aromatic rings. The minimum absolute atomic E-state index is 0.0110. The van der Waals surface area contributed by atoms with Crippen LogP contribution in [0.1, 0.15) is 61.3 Å². The van der Waals surface area contributed by atoms with E-state index in [1.165, 1.54) is 43.5 Å². The van der Waals surface area contributed by atoms with Crippen LogP contribution in [0, 0.1) is 6.92 Å². The van der Waals surface area contributed by atoms with E-state index >= 15 is 0 Å². The fraction of sp³-hybridized carbons (Fsp3) is 0.385. The van der Waals surface area contributed by atoms with Crippen molar-refractivity contribution in [2.75, 3.05) is 7.11 Å². The lowest BCUT2D eigenvalue weighted by molar-refractivity contribution is 0.193. The van der Waals surface area contributed by atoms with Gasteiger partial charge in [0.15, 0.2) is 5.11 Å². The molecular weight excluding hydrogens is 416 g/mol. The Bertz CT molecular complexity index is 1070. The lowest BCUT2D eigenvalue weighted by atomic mass is 9.92. The molecule has 0 unspecified atom stereocenters. The zero-order valence-corrected chi connectivity index (χ0v) is 19.5. The third kappa shape index (κ3) is 3.77. The number of nitrogens with zero attached hydrogens (tertiary/aromatic N) is 3. The Morgan fingerprint density at radius 3 is 2.47 bits per heavy atom. The second kappa shape index (κ2) is 8.94. The number of benzene rings is 1. The van der Waals surface area contributed by atoms with E-state index in [0.29, 0.717) is 6.04 Å². The third-order valence-corrected chi connectivity index (χ3v) is 7.17. The van der Waals surface area contributed by atoms with Crippen LogP contribution >= 0.6 is 12.2 Å². The van der Waals surface area contributed by atoms with Crippen molar-refractivity contribution >= 4 is 17.3 Å². The predicted octanol–water partition coefficient (Wildman–Crippen LogP) is 5.49. The highest BCUT2D eigenvalue weighted by atomic mass is 32.1. The van der Waals surface area contributed by atoms with E-state index in [0.717, 1.165) is 22.2 Å². The molecule has 1 saturated carbocycles. The highest BCUT2D eigenvalue weighted by Gasteiger charge is 2.44. The number of nitrogens with one attached hydrogen (secondary N) is 1. The summed E-state index contributed by atoms with van der Waals surface area (Å²) in [5.74, 6) is 0.860. The summed E-state index contributed by atoms with van der Waals surface area (Å²) < 4.78 is 7.73. The molecule has 2 aliphatic rings. The number of aryl methyl sites for hydroxylation is 1. The topological polar surface area (TPSA) is 42.3 Å². The molecule has 166 valence electrons. The standard InChI is InChI=1S/C26H30N4OS/c1-18-11-16-23(29(18)20-12-14-21(31-2)15-13-20)25-24(22-10-6-7-17-27-22)28-26(32)30(25)19-8-4-3-5-9-19/h6-7,10-17,19,24-25H,3-5,8-9H2,1-2H3,(H,28,32)/t24-,25-/m1/s1. The van der Waals surface area contributed by atoms with Crippen LogP contribution in [0.15, 0.2) is 60.8 Å². The Hall–Kier alpha value is -2.86. The van der Waals surface area contributed by atoms with Crippen LogP contribution in [0.2, 0.25) is 0 Å². The summed E-state index contributed by atoms with van der Waals surface area (Å²) in [7, 11) is 1.70. The Morgan fingerprint density at radius 1 is 1.00 bits per heavy atom. The van der Waals surface area contributed by atoms with Gasteiger partial charge in [-0.3, -0.25) is 4.98 Å². The predicted molar refractivity (Wildman–Crippen MR) is 131 cm³/mol. The number of aromatic nitrogens is 2. The molecule has 5 nitrogen and oxygen atoms in total. The van der Waals surface area contributed by atoms with Gasteiger partial charge in [-0.15, -0.1) is 0 Å². The molecule has 1 saturated heterocycles. The molecule has 1 aliphatic heterocycles. The lowest BCUT2D eigenvalue weighted by Gasteiger charge is -2.37. The fourth-order valence-corrected chi connectivity index (χ4v) is 5.70. The largest absolute Gasteiger partial charge is 0.497 e. The average molecular weight is 447 g/mol. The summed E-state index contributed by atoms with van der Waals surface area (Å²) in [5, 5.41) is 4.48. The molecule has 0 radical (unpaired) electrons. The number of ether oxygens (including phenoxy) is 1. The first-order valence-electron chi connectivity index (χ1n) is 11.5. The maximum Gasteiger partial charge on any atom is 0.170 e. The molecule has 0 spiro atoms. The van der Waals surface area contributed by atoms with E-state index in [1.54, 1.807) is 7.11 Å². The number of pyridine rings is 1. The van der Waals surface area contributed by atoms with Crippen LogP contribution in [0.3, 0.4) is 0 Å². The van der Waals surface area contributed by atoms with Crippen molar-refractivity contribution in [1.82, 2.24) is 19.8 Å². The highest BCUT2D eigenvalue weighted by Crippen LogP contribution is 2.43. The van der Waals surface area contributed by atoms with Crippen LogP contribution in [0.25, 0.3) is 5.69 Å². The maximum absolute atomic E-state index is 5.94. The van der Waals surface area contributed by atoms with Crippen LogP contribution in [-0.2, 0) is 0 Å². The van der Waals surface area contributed by atoms with Crippen LogP contribution < -0.4 is 10.1 Å². The van der Waals surface area contributed by atoms with Gasteiger partial charge in [-0.1, -0.05) is 25.3 Å². The van der Waals surface area contributed by atoms with Crippen LogP contribution in [0.5, 0.6) is 5.75 Å². The van der Waals surface area contributed by atoms with Gasteiger partial charge in [0.2, 0.25) is 0 Å². The van der Waals surface area contributed by atoms with E-state index in [2.05, 4.69) is 58.1 Å². The summed E-state index contributed by atoms with van der Waals surface area (Å²) in [6, 6.07) is 19.4. The normalized spacial score (nSPS) is 21.6. The highest BCUT2D eigenvalue weighted by molar-refractivity contribution is 7.80. The van der Waals surface area contributed by atoms with Gasteiger partial charge >= 0.3 is 0 Å². The van der Waals surface area contributed by atoms with Crippen molar-refractivity contribution in [3.63, 3.8) is 0 Å². The smallest absolute Gasteiger partial charge is 0.170 e. The molecule has 2 aromatic heterocycles. The first kappa shape index (κ1) is 21.0. The van der Waals surface area contributed by atoms with Gasteiger partial charge in [-0.25, -0.2) is 0 Å². The molecule has 0 bridgehead atoms. The van der Waals surface area contributed by atoms with Gasteiger partial charge in [-0.2, -0.15) is 0 Å². The van der Waals surface area contributed by atoms with E-state index in [4.69, 9.17) is 21.9 Å². The first-order valence-corrected chi connectivity index (χ1v) is 11.9. The zero-order valence-electron chi connectivity index (χ0n) is 18.7. The average Bonchev–Trinajstić information content (AvgIpc) is 3.39. The van der Waals surface area contributed by atoms with Gasteiger partial charge in [-0.05, 0) is 80.5 Å². The summed E-state index contributed by atoms with van der Waals surface area (Å²) in [4.78, 5) is 7.18. The Morgan fingerprint density at radius 2 is 1.78 bits per heavy atom. The monoisotopic (exact) mass is 446 g/mol. The molecule has 32 heavy (non-hydrogen) atoms. The molecule has 2 atom stereocenters. The molecule has 2 fully saturated rings. The summed E-state index contributed by atoms with van der Waals surface area (Å²) in [6.07, 6.45) is 8.10.